The lowest BCUT2D eigenvalue weighted by Crippen LogP contribution is -2.01. The van der Waals surface area contributed by atoms with E-state index in [1.807, 2.05) is 12.1 Å². The van der Waals surface area contributed by atoms with Gasteiger partial charge in [-0.1, -0.05) is 60.7 Å². The highest BCUT2D eigenvalue weighted by Gasteiger charge is 2.23. The molecule has 0 aliphatic heterocycles. The number of aromatic nitrogens is 6. The number of hydrogen-bond acceptors (Lipinski definition) is 2. The number of fused-ring (bicyclic) bond motifs is 10. The Kier molecular flexibility index (Phi) is 3.70. The molecule has 0 aliphatic rings. The van der Waals surface area contributed by atoms with Gasteiger partial charge >= 0.3 is 0 Å². The van der Waals surface area contributed by atoms with E-state index < -0.39 is 0 Å². The molecule has 0 amide bonds. The molecule has 4 heterocycles. The molecule has 6 nitrogen and oxygen atoms in total. The summed E-state index contributed by atoms with van der Waals surface area (Å²) in [5.74, 6) is 1.78. The zero-order valence-electron chi connectivity index (χ0n) is 20.2. The van der Waals surface area contributed by atoms with Crippen LogP contribution in [0.15, 0.2) is 121 Å². The Labute approximate surface area is 216 Å². The summed E-state index contributed by atoms with van der Waals surface area (Å²) in [4.78, 5) is 10.2. The summed E-state index contributed by atoms with van der Waals surface area (Å²) in [5.41, 5.74) is 10.7. The lowest BCUT2D eigenvalue weighted by Gasteiger charge is -2.11. The van der Waals surface area contributed by atoms with Crippen molar-refractivity contribution in [2.45, 2.75) is 0 Å². The maximum absolute atomic E-state index is 5.12. The highest BCUT2D eigenvalue weighted by atomic mass is 15.2. The maximum Gasteiger partial charge on any atom is 0.220 e. The molecule has 5 aromatic carbocycles. The molecule has 0 atom stereocenters. The van der Waals surface area contributed by atoms with Crippen molar-refractivity contribution >= 4 is 55.7 Å². The van der Waals surface area contributed by atoms with Gasteiger partial charge in [0.25, 0.3) is 0 Å². The molecular formula is C32H20N6. The minimum Gasteiger partial charge on any atom is -0.276 e. The average Bonchev–Trinajstić information content (AvgIpc) is 3.69. The van der Waals surface area contributed by atoms with Gasteiger partial charge in [0, 0.05) is 5.69 Å². The zero-order valence-corrected chi connectivity index (χ0v) is 20.2. The van der Waals surface area contributed by atoms with E-state index in [2.05, 4.69) is 127 Å². The Morgan fingerprint density at radius 3 is 1.63 bits per heavy atom. The molecule has 4 aromatic heterocycles. The van der Waals surface area contributed by atoms with E-state index in [0.29, 0.717) is 0 Å². The normalized spacial score (nSPS) is 12.2. The Balaban J connectivity index is 1.53. The van der Waals surface area contributed by atoms with Crippen molar-refractivity contribution in [1.82, 2.24) is 27.9 Å². The number of hydrogen-bond donors (Lipinski definition) is 0. The lowest BCUT2D eigenvalue weighted by atomic mass is 10.2. The standard InChI is InChI=1S/C32H20N6/c1-2-11-21(12-3-1)35-30-28(37-25-16-7-5-14-23(25)33-31(35)37)19-10-20-29(30)38-27-18-9-8-17-26(27)36-24-15-6-4-13-22(24)34-32(36)38/h1-20H. The van der Waals surface area contributed by atoms with Crippen LogP contribution in [0.3, 0.4) is 0 Å². The van der Waals surface area contributed by atoms with Crippen molar-refractivity contribution in [2.75, 3.05) is 0 Å². The van der Waals surface area contributed by atoms with E-state index in [1.165, 1.54) is 0 Å². The van der Waals surface area contributed by atoms with E-state index in [4.69, 9.17) is 9.97 Å². The predicted molar refractivity (Wildman–Crippen MR) is 153 cm³/mol. The van der Waals surface area contributed by atoms with Gasteiger partial charge in [-0.15, -0.1) is 0 Å². The first-order chi connectivity index (χ1) is 18.9. The topological polar surface area (TPSA) is 44.5 Å². The van der Waals surface area contributed by atoms with Crippen LogP contribution in [-0.2, 0) is 0 Å². The van der Waals surface area contributed by atoms with Crippen LogP contribution in [0.5, 0.6) is 0 Å². The first kappa shape index (κ1) is 19.8. The van der Waals surface area contributed by atoms with Crippen molar-refractivity contribution in [3.05, 3.63) is 121 Å². The summed E-state index contributed by atoms with van der Waals surface area (Å²) >= 11 is 0. The summed E-state index contributed by atoms with van der Waals surface area (Å²) in [7, 11) is 0. The third-order valence-corrected chi connectivity index (χ3v) is 7.56. The van der Waals surface area contributed by atoms with Gasteiger partial charge in [-0.05, 0) is 60.7 Å². The van der Waals surface area contributed by atoms with Crippen molar-refractivity contribution < 1.29 is 0 Å². The van der Waals surface area contributed by atoms with Crippen molar-refractivity contribution in [3.63, 3.8) is 0 Å². The van der Waals surface area contributed by atoms with E-state index >= 15 is 0 Å². The molecule has 9 rings (SSSR count). The number of para-hydroxylation sites is 8. The highest BCUT2D eigenvalue weighted by molar-refractivity contribution is 5.99. The first-order valence-electron chi connectivity index (χ1n) is 12.7. The smallest absolute Gasteiger partial charge is 0.220 e. The van der Waals surface area contributed by atoms with Crippen molar-refractivity contribution in [2.24, 2.45) is 0 Å². The quantitative estimate of drug-likeness (QED) is 0.259. The van der Waals surface area contributed by atoms with Gasteiger partial charge in [0.15, 0.2) is 0 Å². The number of imidazole rings is 4. The van der Waals surface area contributed by atoms with Crippen LogP contribution in [0.2, 0.25) is 0 Å². The Morgan fingerprint density at radius 2 is 0.921 bits per heavy atom. The van der Waals surface area contributed by atoms with Gasteiger partial charge in [-0.3, -0.25) is 17.9 Å². The fourth-order valence-electron chi connectivity index (χ4n) is 6.02. The summed E-state index contributed by atoms with van der Waals surface area (Å²) in [6.45, 7) is 0. The van der Waals surface area contributed by atoms with Crippen molar-refractivity contribution in [3.8, 4) is 11.4 Å². The number of nitrogens with zero attached hydrogens (tertiary/aromatic N) is 6. The Bertz CT molecular complexity index is 2350. The fourth-order valence-corrected chi connectivity index (χ4v) is 6.02. The third kappa shape index (κ3) is 2.41. The van der Waals surface area contributed by atoms with Crippen LogP contribution in [-0.4, -0.2) is 27.9 Å². The van der Waals surface area contributed by atoms with Gasteiger partial charge < -0.3 is 0 Å². The highest BCUT2D eigenvalue weighted by Crippen LogP contribution is 2.36. The Hall–Kier alpha value is -5.36. The second-order valence-corrected chi connectivity index (χ2v) is 9.61. The van der Waals surface area contributed by atoms with Crippen LogP contribution < -0.4 is 0 Å². The van der Waals surface area contributed by atoms with E-state index in [-0.39, 0.29) is 0 Å². The molecule has 0 saturated carbocycles. The lowest BCUT2D eigenvalue weighted by molar-refractivity contribution is 1.08. The molecule has 0 saturated heterocycles. The van der Waals surface area contributed by atoms with E-state index in [0.717, 1.165) is 67.1 Å². The minimum absolute atomic E-state index is 0.890. The molecule has 38 heavy (non-hydrogen) atoms. The second-order valence-electron chi connectivity index (χ2n) is 9.61. The molecule has 0 spiro atoms. The minimum atomic E-state index is 0.890. The molecule has 0 aliphatic carbocycles. The molecule has 0 radical (unpaired) electrons. The molecule has 0 unspecified atom stereocenters. The molecular weight excluding hydrogens is 468 g/mol. The maximum atomic E-state index is 5.12. The SMILES string of the molecule is c1ccc(-n2c3c(-n4c5ccccc5n5c6ccccc6nc45)cccc3n3c4ccccc4nc23)cc1. The number of benzene rings is 5. The van der Waals surface area contributed by atoms with Gasteiger partial charge in [0.05, 0.1) is 49.8 Å². The summed E-state index contributed by atoms with van der Waals surface area (Å²) in [6, 6.07) is 42.2. The second kappa shape index (κ2) is 7.11. The molecule has 0 bridgehead atoms. The van der Waals surface area contributed by atoms with Crippen LogP contribution in [0.25, 0.3) is 67.1 Å². The average molecular weight is 489 g/mol. The zero-order chi connectivity index (χ0) is 24.8. The summed E-state index contributed by atoms with van der Waals surface area (Å²) < 4.78 is 9.10. The molecule has 0 fully saturated rings. The summed E-state index contributed by atoms with van der Waals surface area (Å²) in [6.07, 6.45) is 0. The monoisotopic (exact) mass is 488 g/mol. The van der Waals surface area contributed by atoms with Crippen LogP contribution in [0.1, 0.15) is 0 Å². The number of rotatable bonds is 2. The van der Waals surface area contributed by atoms with E-state index in [9.17, 15) is 0 Å². The van der Waals surface area contributed by atoms with Gasteiger partial charge in [0.2, 0.25) is 11.6 Å². The van der Waals surface area contributed by atoms with E-state index in [1.54, 1.807) is 0 Å². The fraction of sp³-hybridized carbons (Fsp3) is 0. The predicted octanol–water partition coefficient (Wildman–Crippen LogP) is 7.18. The van der Waals surface area contributed by atoms with Gasteiger partial charge in [-0.2, -0.15) is 0 Å². The molecule has 0 N–H and O–H groups in total. The van der Waals surface area contributed by atoms with Gasteiger partial charge in [0.1, 0.15) is 0 Å². The van der Waals surface area contributed by atoms with Crippen molar-refractivity contribution in [1.29, 1.82) is 0 Å². The molecule has 6 heteroatoms. The van der Waals surface area contributed by atoms with Gasteiger partial charge in [-0.25, -0.2) is 9.97 Å². The molecule has 178 valence electrons. The first-order valence-corrected chi connectivity index (χ1v) is 12.7. The van der Waals surface area contributed by atoms with Crippen LogP contribution in [0, 0.1) is 0 Å². The summed E-state index contributed by atoms with van der Waals surface area (Å²) in [5, 5.41) is 0. The molecule has 9 aromatic rings. The van der Waals surface area contributed by atoms with Crippen LogP contribution in [0.4, 0.5) is 0 Å². The van der Waals surface area contributed by atoms with Crippen LogP contribution >= 0.6 is 0 Å². The third-order valence-electron chi connectivity index (χ3n) is 7.56. The Morgan fingerprint density at radius 1 is 0.395 bits per heavy atom. The largest absolute Gasteiger partial charge is 0.276 e.